The summed E-state index contributed by atoms with van der Waals surface area (Å²) in [5, 5.41) is 6.75. The molecule has 4 nitrogen and oxygen atoms in total. The maximum atomic E-state index is 5.18. The fourth-order valence-electron chi connectivity index (χ4n) is 1.81. The molecule has 1 heterocycles. The van der Waals surface area contributed by atoms with Gasteiger partial charge in [0.15, 0.2) is 0 Å². The SMILES string of the molecule is COc1cccc(NCN2CCNCC2)c1. The van der Waals surface area contributed by atoms with Gasteiger partial charge in [0.05, 0.1) is 13.8 Å². The van der Waals surface area contributed by atoms with Gasteiger partial charge >= 0.3 is 0 Å². The molecule has 1 fully saturated rings. The lowest BCUT2D eigenvalue weighted by molar-refractivity contribution is 0.256. The summed E-state index contributed by atoms with van der Waals surface area (Å²) in [5.74, 6) is 0.894. The monoisotopic (exact) mass is 221 g/mol. The normalized spacial score (nSPS) is 17.1. The van der Waals surface area contributed by atoms with E-state index in [1.54, 1.807) is 7.11 Å². The number of ether oxygens (including phenoxy) is 1. The van der Waals surface area contributed by atoms with E-state index in [0.29, 0.717) is 0 Å². The lowest BCUT2D eigenvalue weighted by atomic mass is 10.3. The van der Waals surface area contributed by atoms with Crippen molar-refractivity contribution in [3.8, 4) is 5.75 Å². The highest BCUT2D eigenvalue weighted by Crippen LogP contribution is 2.16. The van der Waals surface area contributed by atoms with Gasteiger partial charge in [-0.05, 0) is 12.1 Å². The van der Waals surface area contributed by atoms with Crippen LogP contribution in [-0.2, 0) is 0 Å². The molecule has 2 N–H and O–H groups in total. The molecule has 0 bridgehead atoms. The van der Waals surface area contributed by atoms with Crippen LogP contribution in [0, 0.1) is 0 Å². The van der Waals surface area contributed by atoms with Gasteiger partial charge in [-0.15, -0.1) is 0 Å². The zero-order valence-electron chi connectivity index (χ0n) is 9.70. The quantitative estimate of drug-likeness (QED) is 0.794. The van der Waals surface area contributed by atoms with E-state index in [1.165, 1.54) is 0 Å². The van der Waals surface area contributed by atoms with E-state index in [-0.39, 0.29) is 0 Å². The van der Waals surface area contributed by atoms with Crippen molar-refractivity contribution >= 4 is 5.69 Å². The third kappa shape index (κ3) is 3.12. The Morgan fingerprint density at radius 2 is 2.19 bits per heavy atom. The number of nitrogens with one attached hydrogen (secondary N) is 2. The second-order valence-electron chi connectivity index (χ2n) is 3.93. The molecule has 0 radical (unpaired) electrons. The lowest BCUT2D eigenvalue weighted by Crippen LogP contribution is -2.45. The number of hydrogen-bond acceptors (Lipinski definition) is 4. The molecule has 1 aliphatic heterocycles. The van der Waals surface area contributed by atoms with E-state index in [9.17, 15) is 0 Å². The number of piperazine rings is 1. The van der Waals surface area contributed by atoms with Crippen LogP contribution in [0.4, 0.5) is 5.69 Å². The van der Waals surface area contributed by atoms with Crippen LogP contribution in [0.1, 0.15) is 0 Å². The minimum Gasteiger partial charge on any atom is -0.497 e. The zero-order chi connectivity index (χ0) is 11.2. The van der Waals surface area contributed by atoms with E-state index < -0.39 is 0 Å². The van der Waals surface area contributed by atoms with Crippen molar-refractivity contribution < 1.29 is 4.74 Å². The average Bonchev–Trinajstić information content (AvgIpc) is 2.38. The van der Waals surface area contributed by atoms with Crippen LogP contribution >= 0.6 is 0 Å². The van der Waals surface area contributed by atoms with E-state index in [0.717, 1.165) is 44.3 Å². The lowest BCUT2D eigenvalue weighted by Gasteiger charge is -2.27. The molecule has 0 unspecified atom stereocenters. The van der Waals surface area contributed by atoms with Crippen molar-refractivity contribution in [3.05, 3.63) is 24.3 Å². The van der Waals surface area contributed by atoms with E-state index in [1.807, 2.05) is 18.2 Å². The third-order valence-corrected chi connectivity index (χ3v) is 2.79. The molecule has 0 aromatic heterocycles. The molecule has 0 atom stereocenters. The Balaban J connectivity index is 1.83. The van der Waals surface area contributed by atoms with Crippen molar-refractivity contribution in [3.63, 3.8) is 0 Å². The van der Waals surface area contributed by atoms with Gasteiger partial charge in [-0.3, -0.25) is 4.90 Å². The summed E-state index contributed by atoms with van der Waals surface area (Å²) >= 11 is 0. The Morgan fingerprint density at radius 3 is 2.94 bits per heavy atom. The van der Waals surface area contributed by atoms with E-state index in [4.69, 9.17) is 4.74 Å². The maximum Gasteiger partial charge on any atom is 0.120 e. The minimum absolute atomic E-state index is 0.894. The van der Waals surface area contributed by atoms with Crippen LogP contribution in [0.15, 0.2) is 24.3 Å². The number of rotatable bonds is 4. The van der Waals surface area contributed by atoms with Crippen LogP contribution < -0.4 is 15.4 Å². The number of methoxy groups -OCH3 is 1. The van der Waals surface area contributed by atoms with Gasteiger partial charge in [0.1, 0.15) is 5.75 Å². The van der Waals surface area contributed by atoms with Gasteiger partial charge in [-0.1, -0.05) is 6.07 Å². The summed E-state index contributed by atoms with van der Waals surface area (Å²) in [5.41, 5.74) is 1.11. The van der Waals surface area contributed by atoms with Gasteiger partial charge in [-0.2, -0.15) is 0 Å². The maximum absolute atomic E-state index is 5.18. The Hall–Kier alpha value is -1.26. The van der Waals surface area contributed by atoms with Crippen molar-refractivity contribution in [2.75, 3.05) is 45.3 Å². The standard InChI is InChI=1S/C12H19N3O/c1-16-12-4-2-3-11(9-12)14-10-15-7-5-13-6-8-15/h2-4,9,13-14H,5-8,10H2,1H3. The molecule has 16 heavy (non-hydrogen) atoms. The molecule has 2 rings (SSSR count). The molecule has 1 aromatic carbocycles. The highest BCUT2D eigenvalue weighted by molar-refractivity contribution is 5.47. The largest absolute Gasteiger partial charge is 0.497 e. The summed E-state index contributed by atoms with van der Waals surface area (Å²) < 4.78 is 5.18. The molecule has 0 amide bonds. The Kier molecular flexibility index (Phi) is 4.02. The number of nitrogens with zero attached hydrogens (tertiary/aromatic N) is 1. The molecule has 0 saturated carbocycles. The predicted molar refractivity (Wildman–Crippen MR) is 65.9 cm³/mol. The van der Waals surface area contributed by atoms with Gasteiger partial charge in [0.25, 0.3) is 0 Å². The van der Waals surface area contributed by atoms with Crippen molar-refractivity contribution in [2.45, 2.75) is 0 Å². The fourth-order valence-corrected chi connectivity index (χ4v) is 1.81. The molecule has 0 spiro atoms. The predicted octanol–water partition coefficient (Wildman–Crippen LogP) is 0.970. The van der Waals surface area contributed by atoms with Crippen LogP contribution in [0.25, 0.3) is 0 Å². The third-order valence-electron chi connectivity index (χ3n) is 2.79. The first-order chi connectivity index (χ1) is 7.88. The molecular weight excluding hydrogens is 202 g/mol. The van der Waals surface area contributed by atoms with Crippen LogP contribution in [0.3, 0.4) is 0 Å². The summed E-state index contributed by atoms with van der Waals surface area (Å²) in [6.45, 7) is 5.28. The molecule has 1 aliphatic rings. The minimum atomic E-state index is 0.894. The number of hydrogen-bond donors (Lipinski definition) is 2. The smallest absolute Gasteiger partial charge is 0.120 e. The second-order valence-corrected chi connectivity index (χ2v) is 3.93. The van der Waals surface area contributed by atoms with Crippen LogP contribution in [0.2, 0.25) is 0 Å². The van der Waals surface area contributed by atoms with Crippen molar-refractivity contribution in [1.29, 1.82) is 0 Å². The first-order valence-electron chi connectivity index (χ1n) is 5.69. The number of benzene rings is 1. The summed E-state index contributed by atoms with van der Waals surface area (Å²) in [7, 11) is 1.69. The molecule has 88 valence electrons. The van der Waals surface area contributed by atoms with Gasteiger partial charge < -0.3 is 15.4 Å². The van der Waals surface area contributed by atoms with Gasteiger partial charge in [0.2, 0.25) is 0 Å². The molecule has 4 heteroatoms. The van der Waals surface area contributed by atoms with Crippen LogP contribution in [0.5, 0.6) is 5.75 Å². The Labute approximate surface area is 96.6 Å². The number of anilines is 1. The summed E-state index contributed by atoms with van der Waals surface area (Å²) in [6, 6.07) is 8.03. The highest BCUT2D eigenvalue weighted by atomic mass is 16.5. The Morgan fingerprint density at radius 1 is 1.38 bits per heavy atom. The average molecular weight is 221 g/mol. The van der Waals surface area contributed by atoms with Crippen molar-refractivity contribution in [2.24, 2.45) is 0 Å². The van der Waals surface area contributed by atoms with Crippen LogP contribution in [-0.4, -0.2) is 44.9 Å². The molecule has 1 aromatic rings. The van der Waals surface area contributed by atoms with Crippen molar-refractivity contribution in [1.82, 2.24) is 10.2 Å². The summed E-state index contributed by atoms with van der Waals surface area (Å²) in [6.07, 6.45) is 0. The first-order valence-corrected chi connectivity index (χ1v) is 5.69. The Bertz CT molecular complexity index is 324. The topological polar surface area (TPSA) is 36.5 Å². The first kappa shape index (κ1) is 11.2. The zero-order valence-corrected chi connectivity index (χ0v) is 9.70. The second kappa shape index (κ2) is 5.72. The highest BCUT2D eigenvalue weighted by Gasteiger charge is 2.08. The van der Waals surface area contributed by atoms with Gasteiger partial charge in [0, 0.05) is 37.9 Å². The van der Waals surface area contributed by atoms with Gasteiger partial charge in [-0.25, -0.2) is 0 Å². The molecule has 0 aliphatic carbocycles. The van der Waals surface area contributed by atoms with E-state index >= 15 is 0 Å². The molecule has 1 saturated heterocycles. The summed E-state index contributed by atoms with van der Waals surface area (Å²) in [4.78, 5) is 2.40. The fraction of sp³-hybridized carbons (Fsp3) is 0.500. The van der Waals surface area contributed by atoms with E-state index in [2.05, 4.69) is 21.6 Å². The molecular formula is C12H19N3O.